The third-order valence-corrected chi connectivity index (χ3v) is 5.07. The summed E-state index contributed by atoms with van der Waals surface area (Å²) in [6, 6.07) is 6.36. The van der Waals surface area contributed by atoms with Crippen molar-refractivity contribution < 1.29 is 19.1 Å². The molecule has 2 rings (SSSR count). The van der Waals surface area contributed by atoms with Crippen LogP contribution in [0.3, 0.4) is 0 Å². The van der Waals surface area contributed by atoms with E-state index in [2.05, 4.69) is 24.5 Å². The molecule has 2 N–H and O–H groups in total. The zero-order valence-corrected chi connectivity index (χ0v) is 17.4. The van der Waals surface area contributed by atoms with E-state index in [4.69, 9.17) is 4.74 Å². The van der Waals surface area contributed by atoms with Crippen LogP contribution in [0.2, 0.25) is 0 Å². The zero-order valence-electron chi connectivity index (χ0n) is 17.4. The first-order valence-corrected chi connectivity index (χ1v) is 9.75. The summed E-state index contributed by atoms with van der Waals surface area (Å²) in [5, 5.41) is 5.58. The van der Waals surface area contributed by atoms with Crippen molar-refractivity contribution in [2.45, 2.75) is 58.5 Å². The SMILES string of the molecule is COc1ccc(C2(C)NC(=O)N(CC(=O)NC(C)CCCC(C)C)C2=O)cc1. The van der Waals surface area contributed by atoms with Gasteiger partial charge in [-0.05, 0) is 43.9 Å². The zero-order chi connectivity index (χ0) is 20.9. The summed E-state index contributed by atoms with van der Waals surface area (Å²) in [5.41, 5.74) is -0.566. The molecule has 0 spiro atoms. The Labute approximate surface area is 166 Å². The standard InChI is InChI=1S/C21H31N3O4/c1-14(2)7-6-8-15(3)22-18(25)13-24-19(26)21(4,23-20(24)27)16-9-11-17(28-5)12-10-16/h9-12,14-15H,6-8,13H2,1-5H3,(H,22,25)(H,23,27). The van der Waals surface area contributed by atoms with E-state index in [1.54, 1.807) is 38.3 Å². The van der Waals surface area contributed by atoms with Crippen LogP contribution in [0.4, 0.5) is 4.79 Å². The highest BCUT2D eigenvalue weighted by atomic mass is 16.5. The predicted molar refractivity (Wildman–Crippen MR) is 107 cm³/mol. The maximum Gasteiger partial charge on any atom is 0.325 e. The number of hydrogen-bond donors (Lipinski definition) is 2. The Morgan fingerprint density at radius 1 is 1.18 bits per heavy atom. The lowest BCUT2D eigenvalue weighted by molar-refractivity contribution is -0.135. The highest BCUT2D eigenvalue weighted by Gasteiger charge is 2.49. The minimum atomic E-state index is -1.20. The van der Waals surface area contributed by atoms with Gasteiger partial charge in [0, 0.05) is 6.04 Å². The molecule has 1 fully saturated rings. The fourth-order valence-electron chi connectivity index (χ4n) is 3.33. The molecule has 1 heterocycles. The van der Waals surface area contributed by atoms with E-state index in [1.807, 2.05) is 6.92 Å². The van der Waals surface area contributed by atoms with Crippen molar-refractivity contribution >= 4 is 17.8 Å². The fraction of sp³-hybridized carbons (Fsp3) is 0.571. The van der Waals surface area contributed by atoms with Crippen LogP contribution < -0.4 is 15.4 Å². The average molecular weight is 389 g/mol. The Kier molecular flexibility index (Phi) is 7.05. The van der Waals surface area contributed by atoms with Gasteiger partial charge in [-0.15, -0.1) is 0 Å². The van der Waals surface area contributed by atoms with Crippen molar-refractivity contribution in [2.75, 3.05) is 13.7 Å². The number of nitrogens with one attached hydrogen (secondary N) is 2. The van der Waals surface area contributed by atoms with Crippen molar-refractivity contribution in [1.29, 1.82) is 0 Å². The van der Waals surface area contributed by atoms with Crippen LogP contribution in [0, 0.1) is 5.92 Å². The molecule has 2 unspecified atom stereocenters. The van der Waals surface area contributed by atoms with Crippen LogP contribution in [-0.2, 0) is 15.1 Å². The topological polar surface area (TPSA) is 87.7 Å². The van der Waals surface area contributed by atoms with Gasteiger partial charge in [0.15, 0.2) is 0 Å². The lowest BCUT2D eigenvalue weighted by atomic mass is 9.92. The molecular weight excluding hydrogens is 358 g/mol. The van der Waals surface area contributed by atoms with E-state index in [-0.39, 0.29) is 18.5 Å². The second-order valence-electron chi connectivity index (χ2n) is 7.97. The Balaban J connectivity index is 1.98. The molecular formula is C21H31N3O4. The molecule has 28 heavy (non-hydrogen) atoms. The molecule has 1 aliphatic heterocycles. The number of ether oxygens (including phenoxy) is 1. The lowest BCUT2D eigenvalue weighted by Gasteiger charge is -2.22. The molecule has 1 saturated heterocycles. The monoisotopic (exact) mass is 389 g/mol. The molecule has 0 bridgehead atoms. The van der Waals surface area contributed by atoms with Crippen molar-refractivity contribution in [3.05, 3.63) is 29.8 Å². The number of amides is 4. The molecule has 1 aromatic rings. The Morgan fingerprint density at radius 2 is 1.82 bits per heavy atom. The Bertz CT molecular complexity index is 717. The van der Waals surface area contributed by atoms with Crippen LogP contribution in [0.5, 0.6) is 5.75 Å². The van der Waals surface area contributed by atoms with Gasteiger partial charge in [-0.2, -0.15) is 0 Å². The van der Waals surface area contributed by atoms with Crippen molar-refractivity contribution in [2.24, 2.45) is 5.92 Å². The normalized spacial score (nSPS) is 20.3. The molecule has 0 saturated carbocycles. The number of benzene rings is 1. The average Bonchev–Trinajstić information content (AvgIpc) is 2.85. The fourth-order valence-corrected chi connectivity index (χ4v) is 3.33. The number of methoxy groups -OCH3 is 1. The third kappa shape index (κ3) is 5.03. The molecule has 2 atom stereocenters. The molecule has 1 aliphatic rings. The summed E-state index contributed by atoms with van der Waals surface area (Å²) in [6.07, 6.45) is 3.00. The molecule has 1 aromatic carbocycles. The largest absolute Gasteiger partial charge is 0.497 e. The van der Waals surface area contributed by atoms with Gasteiger partial charge in [0.2, 0.25) is 5.91 Å². The van der Waals surface area contributed by atoms with Gasteiger partial charge in [0.05, 0.1) is 7.11 Å². The number of urea groups is 1. The maximum atomic E-state index is 12.9. The van der Waals surface area contributed by atoms with E-state index >= 15 is 0 Å². The molecule has 4 amide bonds. The van der Waals surface area contributed by atoms with Crippen LogP contribution in [0.25, 0.3) is 0 Å². The number of rotatable bonds is 9. The summed E-state index contributed by atoms with van der Waals surface area (Å²) >= 11 is 0. The van der Waals surface area contributed by atoms with Crippen LogP contribution in [0.1, 0.15) is 52.5 Å². The van der Waals surface area contributed by atoms with Crippen LogP contribution >= 0.6 is 0 Å². The van der Waals surface area contributed by atoms with Gasteiger partial charge in [-0.3, -0.25) is 14.5 Å². The molecule has 0 aromatic heterocycles. The summed E-state index contributed by atoms with van der Waals surface area (Å²) in [6.45, 7) is 7.62. The predicted octanol–water partition coefficient (Wildman–Crippen LogP) is 2.79. The lowest BCUT2D eigenvalue weighted by Crippen LogP contribution is -2.45. The van der Waals surface area contributed by atoms with Crippen molar-refractivity contribution in [1.82, 2.24) is 15.5 Å². The summed E-state index contributed by atoms with van der Waals surface area (Å²) in [4.78, 5) is 38.5. The number of hydrogen-bond acceptors (Lipinski definition) is 4. The second-order valence-corrected chi connectivity index (χ2v) is 7.97. The highest BCUT2D eigenvalue weighted by molar-refractivity contribution is 6.09. The van der Waals surface area contributed by atoms with E-state index in [0.29, 0.717) is 17.2 Å². The number of imide groups is 1. The van der Waals surface area contributed by atoms with Crippen LogP contribution in [-0.4, -0.2) is 42.4 Å². The Morgan fingerprint density at radius 3 is 2.39 bits per heavy atom. The van der Waals surface area contributed by atoms with Crippen LogP contribution in [0.15, 0.2) is 24.3 Å². The maximum absolute atomic E-state index is 12.9. The highest BCUT2D eigenvalue weighted by Crippen LogP contribution is 2.29. The molecule has 154 valence electrons. The van der Waals surface area contributed by atoms with E-state index in [9.17, 15) is 14.4 Å². The first kappa shape index (κ1) is 21.7. The third-order valence-electron chi connectivity index (χ3n) is 5.07. The minimum Gasteiger partial charge on any atom is -0.497 e. The summed E-state index contributed by atoms with van der Waals surface area (Å²) in [5.74, 6) is 0.515. The molecule has 7 heteroatoms. The van der Waals surface area contributed by atoms with Gasteiger partial charge in [-0.25, -0.2) is 4.79 Å². The van der Waals surface area contributed by atoms with Crippen molar-refractivity contribution in [3.63, 3.8) is 0 Å². The number of carbonyl (C=O) groups is 3. The van der Waals surface area contributed by atoms with Crippen molar-refractivity contribution in [3.8, 4) is 5.75 Å². The van der Waals surface area contributed by atoms with Gasteiger partial charge < -0.3 is 15.4 Å². The van der Waals surface area contributed by atoms with E-state index in [0.717, 1.165) is 24.2 Å². The smallest absolute Gasteiger partial charge is 0.325 e. The first-order valence-electron chi connectivity index (χ1n) is 9.75. The molecule has 0 radical (unpaired) electrons. The van der Waals surface area contributed by atoms with E-state index < -0.39 is 17.5 Å². The van der Waals surface area contributed by atoms with Gasteiger partial charge in [0.25, 0.3) is 5.91 Å². The van der Waals surface area contributed by atoms with E-state index in [1.165, 1.54) is 0 Å². The van der Waals surface area contributed by atoms with Gasteiger partial charge in [-0.1, -0.05) is 38.8 Å². The second kappa shape index (κ2) is 9.08. The minimum absolute atomic E-state index is 0.0000109. The molecule has 7 nitrogen and oxygen atoms in total. The van der Waals surface area contributed by atoms with Gasteiger partial charge in [0.1, 0.15) is 17.8 Å². The first-order chi connectivity index (χ1) is 13.2. The number of carbonyl (C=O) groups excluding carboxylic acids is 3. The Hall–Kier alpha value is -2.57. The summed E-state index contributed by atoms with van der Waals surface area (Å²) < 4.78 is 5.13. The number of nitrogens with zero attached hydrogens (tertiary/aromatic N) is 1. The van der Waals surface area contributed by atoms with Gasteiger partial charge >= 0.3 is 6.03 Å². The quantitative estimate of drug-likeness (QED) is 0.636. The summed E-state index contributed by atoms with van der Waals surface area (Å²) in [7, 11) is 1.56. The molecule has 0 aliphatic carbocycles.